The third kappa shape index (κ3) is 6.28. The Hall–Kier alpha value is -1.98. The van der Waals surface area contributed by atoms with Crippen molar-refractivity contribution in [2.45, 2.75) is 38.8 Å². The van der Waals surface area contributed by atoms with Crippen molar-refractivity contribution < 1.29 is 9.59 Å². The Labute approximate surface area is 176 Å². The molecule has 150 valence electrons. The minimum Gasteiger partial charge on any atom is -0.348 e. The van der Waals surface area contributed by atoms with Crippen LogP contribution in [0.3, 0.4) is 0 Å². The SMILES string of the molecule is CCc1ccc(C(C)NC(=O)C(CCSC)NC(=O)c2ccccc2Cl)cc1. The van der Waals surface area contributed by atoms with Gasteiger partial charge in [0, 0.05) is 0 Å². The Morgan fingerprint density at radius 1 is 1.07 bits per heavy atom. The molecule has 0 aliphatic heterocycles. The summed E-state index contributed by atoms with van der Waals surface area (Å²) in [6.07, 6.45) is 3.50. The van der Waals surface area contributed by atoms with Gasteiger partial charge in [0.05, 0.1) is 16.6 Å². The number of thioether (sulfide) groups is 1. The molecule has 2 amide bonds. The zero-order valence-corrected chi connectivity index (χ0v) is 18.1. The second-order valence-corrected chi connectivity index (χ2v) is 8.01. The Morgan fingerprint density at radius 3 is 2.36 bits per heavy atom. The van der Waals surface area contributed by atoms with Crippen LogP contribution < -0.4 is 10.6 Å². The predicted molar refractivity (Wildman–Crippen MR) is 118 cm³/mol. The van der Waals surface area contributed by atoms with Crippen molar-refractivity contribution in [3.8, 4) is 0 Å². The van der Waals surface area contributed by atoms with Gasteiger partial charge in [0.25, 0.3) is 5.91 Å². The third-order valence-corrected chi connectivity index (χ3v) is 5.57. The second-order valence-electron chi connectivity index (χ2n) is 6.61. The highest BCUT2D eigenvalue weighted by atomic mass is 35.5. The lowest BCUT2D eigenvalue weighted by molar-refractivity contribution is -0.123. The zero-order chi connectivity index (χ0) is 20.5. The number of halogens is 1. The van der Waals surface area contributed by atoms with Gasteiger partial charge in [0.15, 0.2) is 0 Å². The van der Waals surface area contributed by atoms with Gasteiger partial charge >= 0.3 is 0 Å². The van der Waals surface area contributed by atoms with Crippen molar-refractivity contribution in [2.75, 3.05) is 12.0 Å². The fraction of sp³-hybridized carbons (Fsp3) is 0.364. The maximum atomic E-state index is 12.8. The molecule has 2 unspecified atom stereocenters. The van der Waals surface area contributed by atoms with Gasteiger partial charge in [0.2, 0.25) is 5.91 Å². The minimum absolute atomic E-state index is 0.146. The van der Waals surface area contributed by atoms with E-state index in [-0.39, 0.29) is 17.9 Å². The van der Waals surface area contributed by atoms with E-state index in [2.05, 4.69) is 29.7 Å². The molecule has 0 spiro atoms. The van der Waals surface area contributed by atoms with Crippen LogP contribution >= 0.6 is 23.4 Å². The highest BCUT2D eigenvalue weighted by Gasteiger charge is 2.23. The average Bonchev–Trinajstić information content (AvgIpc) is 2.71. The molecule has 0 aliphatic rings. The number of hydrogen-bond acceptors (Lipinski definition) is 3. The van der Waals surface area contributed by atoms with Gasteiger partial charge in [-0.3, -0.25) is 9.59 Å². The largest absolute Gasteiger partial charge is 0.348 e. The summed E-state index contributed by atoms with van der Waals surface area (Å²) >= 11 is 7.75. The van der Waals surface area contributed by atoms with Gasteiger partial charge in [-0.2, -0.15) is 11.8 Å². The molecule has 0 aliphatic carbocycles. The molecule has 0 saturated heterocycles. The summed E-state index contributed by atoms with van der Waals surface area (Å²) in [6.45, 7) is 4.05. The van der Waals surface area contributed by atoms with Crippen molar-refractivity contribution in [1.82, 2.24) is 10.6 Å². The topological polar surface area (TPSA) is 58.2 Å². The number of benzene rings is 2. The molecular weight excluding hydrogens is 392 g/mol. The monoisotopic (exact) mass is 418 g/mol. The predicted octanol–water partition coefficient (Wildman–Crippen LogP) is 4.63. The lowest BCUT2D eigenvalue weighted by atomic mass is 10.0. The smallest absolute Gasteiger partial charge is 0.253 e. The number of carbonyl (C=O) groups excluding carboxylic acids is 2. The fourth-order valence-corrected chi connectivity index (χ4v) is 3.52. The van der Waals surface area contributed by atoms with Gasteiger partial charge in [0.1, 0.15) is 6.04 Å². The van der Waals surface area contributed by atoms with Crippen LogP contribution in [-0.4, -0.2) is 29.9 Å². The molecule has 6 heteroatoms. The molecule has 0 aromatic heterocycles. The molecule has 0 heterocycles. The van der Waals surface area contributed by atoms with Crippen LogP contribution in [0, 0.1) is 0 Å². The van der Waals surface area contributed by atoms with E-state index in [0.29, 0.717) is 17.0 Å². The van der Waals surface area contributed by atoms with E-state index in [1.807, 2.05) is 25.3 Å². The summed E-state index contributed by atoms with van der Waals surface area (Å²) in [6, 6.07) is 14.3. The first-order valence-electron chi connectivity index (χ1n) is 9.39. The Kier molecular flexibility index (Phi) is 8.87. The molecule has 4 nitrogen and oxygen atoms in total. The molecule has 2 aromatic carbocycles. The van der Waals surface area contributed by atoms with E-state index in [1.165, 1.54) is 5.56 Å². The molecule has 0 saturated carbocycles. The number of nitrogens with one attached hydrogen (secondary N) is 2. The van der Waals surface area contributed by atoms with Gasteiger partial charge in [-0.1, -0.05) is 54.9 Å². The number of carbonyl (C=O) groups is 2. The van der Waals surface area contributed by atoms with E-state index in [1.54, 1.807) is 36.0 Å². The van der Waals surface area contributed by atoms with Crippen LogP contribution in [0.25, 0.3) is 0 Å². The lowest BCUT2D eigenvalue weighted by Gasteiger charge is -2.22. The van der Waals surface area contributed by atoms with Gasteiger partial charge in [-0.05, 0) is 55.0 Å². The Morgan fingerprint density at radius 2 is 1.75 bits per heavy atom. The maximum Gasteiger partial charge on any atom is 0.253 e. The Balaban J connectivity index is 2.07. The first kappa shape index (κ1) is 22.3. The molecule has 2 rings (SSSR count). The molecule has 0 bridgehead atoms. The van der Waals surface area contributed by atoms with E-state index in [9.17, 15) is 9.59 Å². The first-order valence-corrected chi connectivity index (χ1v) is 11.2. The van der Waals surface area contributed by atoms with Crippen molar-refractivity contribution in [2.24, 2.45) is 0 Å². The van der Waals surface area contributed by atoms with E-state index in [4.69, 9.17) is 11.6 Å². The minimum atomic E-state index is -0.617. The highest BCUT2D eigenvalue weighted by molar-refractivity contribution is 7.98. The van der Waals surface area contributed by atoms with Crippen LogP contribution in [0.4, 0.5) is 0 Å². The molecule has 0 radical (unpaired) electrons. The Bertz CT molecular complexity index is 795. The standard InChI is InChI=1S/C22H27ClN2O2S/c1-4-16-9-11-17(12-10-16)15(2)24-22(27)20(13-14-28-3)25-21(26)18-7-5-6-8-19(18)23/h5-12,15,20H,4,13-14H2,1-3H3,(H,24,27)(H,25,26). The van der Waals surface area contributed by atoms with Crippen molar-refractivity contribution in [3.63, 3.8) is 0 Å². The van der Waals surface area contributed by atoms with Crippen LogP contribution in [0.2, 0.25) is 5.02 Å². The van der Waals surface area contributed by atoms with Crippen molar-refractivity contribution >= 4 is 35.2 Å². The van der Waals surface area contributed by atoms with E-state index in [0.717, 1.165) is 17.7 Å². The summed E-state index contributed by atoms with van der Waals surface area (Å²) in [4.78, 5) is 25.4. The molecule has 2 N–H and O–H groups in total. The van der Waals surface area contributed by atoms with Crippen molar-refractivity contribution in [1.29, 1.82) is 0 Å². The van der Waals surface area contributed by atoms with E-state index < -0.39 is 6.04 Å². The normalized spacial score (nSPS) is 12.9. The van der Waals surface area contributed by atoms with Crippen LogP contribution in [0.15, 0.2) is 48.5 Å². The zero-order valence-electron chi connectivity index (χ0n) is 16.5. The third-order valence-electron chi connectivity index (χ3n) is 4.60. The highest BCUT2D eigenvalue weighted by Crippen LogP contribution is 2.17. The summed E-state index contributed by atoms with van der Waals surface area (Å²) < 4.78 is 0. The van der Waals surface area contributed by atoms with E-state index >= 15 is 0 Å². The summed E-state index contributed by atoms with van der Waals surface area (Å²) in [5.74, 6) is 0.230. The molecule has 28 heavy (non-hydrogen) atoms. The summed E-state index contributed by atoms with van der Waals surface area (Å²) in [5, 5.41) is 6.22. The van der Waals surface area contributed by atoms with Crippen molar-refractivity contribution in [3.05, 3.63) is 70.2 Å². The lowest BCUT2D eigenvalue weighted by Crippen LogP contribution is -2.47. The second kappa shape index (κ2) is 11.1. The summed E-state index contributed by atoms with van der Waals surface area (Å²) in [7, 11) is 0. The molecule has 0 fully saturated rings. The van der Waals surface area contributed by atoms with Gasteiger partial charge in [-0.15, -0.1) is 0 Å². The van der Waals surface area contributed by atoms with Crippen LogP contribution in [0.1, 0.15) is 47.8 Å². The average molecular weight is 419 g/mol. The van der Waals surface area contributed by atoms with Crippen LogP contribution in [0.5, 0.6) is 0 Å². The molecular formula is C22H27ClN2O2S. The molecule has 2 aromatic rings. The molecule has 2 atom stereocenters. The number of hydrogen-bond donors (Lipinski definition) is 2. The maximum absolute atomic E-state index is 12.8. The number of aryl methyl sites for hydroxylation is 1. The number of amides is 2. The number of rotatable bonds is 9. The quantitative estimate of drug-likeness (QED) is 0.624. The first-order chi connectivity index (χ1) is 13.5. The van der Waals surface area contributed by atoms with Gasteiger partial charge < -0.3 is 10.6 Å². The van der Waals surface area contributed by atoms with Crippen LogP contribution in [-0.2, 0) is 11.2 Å². The van der Waals surface area contributed by atoms with Gasteiger partial charge in [-0.25, -0.2) is 0 Å². The fourth-order valence-electron chi connectivity index (χ4n) is 2.83. The summed E-state index contributed by atoms with van der Waals surface area (Å²) in [5.41, 5.74) is 2.66.